The molecular formula is C10H8N4O2S. The highest BCUT2D eigenvalue weighted by Crippen LogP contribution is 2.30. The van der Waals surface area contributed by atoms with Crippen LogP contribution >= 0.6 is 11.8 Å². The Morgan fingerprint density at radius 2 is 2.18 bits per heavy atom. The van der Waals surface area contributed by atoms with Gasteiger partial charge in [-0.1, -0.05) is 11.8 Å². The van der Waals surface area contributed by atoms with Gasteiger partial charge < -0.3 is 5.73 Å². The second-order valence-electron chi connectivity index (χ2n) is 3.17. The van der Waals surface area contributed by atoms with Gasteiger partial charge in [0, 0.05) is 28.9 Å². The van der Waals surface area contributed by atoms with Crippen LogP contribution in [0.1, 0.15) is 0 Å². The lowest BCUT2D eigenvalue weighted by Gasteiger charge is -2.02. The van der Waals surface area contributed by atoms with E-state index in [0.717, 1.165) is 0 Å². The van der Waals surface area contributed by atoms with E-state index >= 15 is 0 Å². The Morgan fingerprint density at radius 1 is 1.35 bits per heavy atom. The zero-order chi connectivity index (χ0) is 12.3. The molecule has 0 aliphatic carbocycles. The summed E-state index contributed by atoms with van der Waals surface area (Å²) in [6.07, 6.45) is 3.03. The van der Waals surface area contributed by atoms with Crippen molar-refractivity contribution in [2.75, 3.05) is 5.73 Å². The Balaban J connectivity index is 2.30. The molecule has 0 fully saturated rings. The van der Waals surface area contributed by atoms with Crippen molar-refractivity contribution in [3.8, 4) is 0 Å². The summed E-state index contributed by atoms with van der Waals surface area (Å²) in [7, 11) is 0. The largest absolute Gasteiger partial charge is 0.398 e. The van der Waals surface area contributed by atoms with Crippen molar-refractivity contribution in [2.24, 2.45) is 0 Å². The van der Waals surface area contributed by atoms with Crippen LogP contribution in [0.3, 0.4) is 0 Å². The van der Waals surface area contributed by atoms with Gasteiger partial charge in [0.15, 0.2) is 0 Å². The zero-order valence-electron chi connectivity index (χ0n) is 8.61. The summed E-state index contributed by atoms with van der Waals surface area (Å²) in [5.41, 5.74) is 5.93. The fourth-order valence-electron chi connectivity index (χ4n) is 1.23. The van der Waals surface area contributed by atoms with Gasteiger partial charge in [0.2, 0.25) is 0 Å². The molecule has 0 saturated heterocycles. The molecule has 0 aliphatic heterocycles. The Kier molecular flexibility index (Phi) is 3.20. The maximum Gasteiger partial charge on any atom is 0.272 e. The second kappa shape index (κ2) is 4.79. The number of anilines is 1. The number of hydrogen-bond donors (Lipinski definition) is 1. The molecule has 2 N–H and O–H groups in total. The van der Waals surface area contributed by atoms with Crippen molar-refractivity contribution in [1.82, 2.24) is 9.97 Å². The Labute approximate surface area is 101 Å². The van der Waals surface area contributed by atoms with Gasteiger partial charge in [0.25, 0.3) is 5.69 Å². The van der Waals surface area contributed by atoms with E-state index in [2.05, 4.69) is 9.97 Å². The summed E-state index contributed by atoms with van der Waals surface area (Å²) in [6.45, 7) is 0. The Hall–Kier alpha value is -2.15. The fraction of sp³-hybridized carbons (Fsp3) is 0. The summed E-state index contributed by atoms with van der Waals surface area (Å²) in [5, 5.41) is 11.4. The topological polar surface area (TPSA) is 94.9 Å². The van der Waals surface area contributed by atoms with E-state index in [-0.39, 0.29) is 5.69 Å². The van der Waals surface area contributed by atoms with Crippen LogP contribution in [-0.2, 0) is 0 Å². The summed E-state index contributed by atoms with van der Waals surface area (Å²) >= 11 is 1.30. The third-order valence-electron chi connectivity index (χ3n) is 1.90. The van der Waals surface area contributed by atoms with Gasteiger partial charge in [-0.3, -0.25) is 10.1 Å². The summed E-state index contributed by atoms with van der Waals surface area (Å²) in [4.78, 5) is 18.7. The number of nitrogens with two attached hydrogens (primary N) is 1. The molecule has 0 amide bonds. The highest BCUT2D eigenvalue weighted by atomic mass is 32.2. The van der Waals surface area contributed by atoms with Crippen molar-refractivity contribution in [2.45, 2.75) is 9.92 Å². The minimum atomic E-state index is -0.472. The zero-order valence-corrected chi connectivity index (χ0v) is 9.42. The third-order valence-corrected chi connectivity index (χ3v) is 2.82. The Bertz CT molecular complexity index is 547. The first-order chi connectivity index (χ1) is 8.15. The molecule has 0 unspecified atom stereocenters. The molecule has 17 heavy (non-hydrogen) atoms. The molecular weight excluding hydrogens is 240 g/mol. The molecule has 0 saturated carbocycles. The van der Waals surface area contributed by atoms with Gasteiger partial charge in [0.1, 0.15) is 11.4 Å². The monoisotopic (exact) mass is 248 g/mol. The molecule has 0 atom stereocenters. The maximum atomic E-state index is 10.7. The molecule has 0 aliphatic rings. The predicted octanol–water partition coefficient (Wildman–Crippen LogP) is 2.12. The summed E-state index contributed by atoms with van der Waals surface area (Å²) in [6, 6.07) is 6.17. The molecule has 6 nitrogen and oxygen atoms in total. The number of nitrogens with zero attached hydrogens (tertiary/aromatic N) is 3. The van der Waals surface area contributed by atoms with Crippen molar-refractivity contribution in [3.05, 3.63) is 46.9 Å². The number of aromatic nitrogens is 2. The van der Waals surface area contributed by atoms with Crippen LogP contribution in [-0.4, -0.2) is 14.9 Å². The quantitative estimate of drug-likeness (QED) is 0.387. The first-order valence-electron chi connectivity index (χ1n) is 4.64. The van der Waals surface area contributed by atoms with E-state index in [1.807, 2.05) is 0 Å². The predicted molar refractivity (Wildman–Crippen MR) is 63.7 cm³/mol. The van der Waals surface area contributed by atoms with E-state index in [1.165, 1.54) is 30.2 Å². The average Bonchev–Trinajstić information content (AvgIpc) is 2.29. The van der Waals surface area contributed by atoms with Crippen LogP contribution < -0.4 is 5.73 Å². The minimum absolute atomic E-state index is 0.0263. The molecule has 86 valence electrons. The van der Waals surface area contributed by atoms with Gasteiger partial charge in [-0.2, -0.15) is 0 Å². The number of nitro groups is 1. The number of hydrogen-bond acceptors (Lipinski definition) is 6. The van der Waals surface area contributed by atoms with E-state index in [0.29, 0.717) is 15.6 Å². The number of nitro benzene ring substituents is 1. The Morgan fingerprint density at radius 3 is 2.82 bits per heavy atom. The van der Waals surface area contributed by atoms with Crippen LogP contribution in [0.2, 0.25) is 0 Å². The average molecular weight is 248 g/mol. The highest BCUT2D eigenvalue weighted by Gasteiger charge is 2.09. The summed E-state index contributed by atoms with van der Waals surface area (Å²) in [5.74, 6) is 0. The van der Waals surface area contributed by atoms with Gasteiger partial charge in [-0.15, -0.1) is 0 Å². The number of non-ortho nitro benzene ring substituents is 1. The smallest absolute Gasteiger partial charge is 0.272 e. The molecule has 7 heteroatoms. The van der Waals surface area contributed by atoms with Gasteiger partial charge >= 0.3 is 0 Å². The van der Waals surface area contributed by atoms with Crippen molar-refractivity contribution >= 4 is 23.1 Å². The SMILES string of the molecule is Nc1cc(Sc2ccncn2)cc([N+](=O)[O-])c1. The molecule has 0 spiro atoms. The summed E-state index contributed by atoms with van der Waals surface area (Å²) < 4.78 is 0. The van der Waals surface area contributed by atoms with Crippen LogP contribution in [0.15, 0.2) is 46.7 Å². The molecule has 0 radical (unpaired) electrons. The molecule has 1 aromatic heterocycles. The van der Waals surface area contributed by atoms with Gasteiger partial charge in [0.05, 0.1) is 4.92 Å². The van der Waals surface area contributed by atoms with Crippen LogP contribution in [0.5, 0.6) is 0 Å². The minimum Gasteiger partial charge on any atom is -0.398 e. The highest BCUT2D eigenvalue weighted by molar-refractivity contribution is 7.99. The van der Waals surface area contributed by atoms with Crippen LogP contribution in [0, 0.1) is 10.1 Å². The lowest BCUT2D eigenvalue weighted by molar-refractivity contribution is -0.385. The van der Waals surface area contributed by atoms with Crippen LogP contribution in [0.25, 0.3) is 0 Å². The molecule has 0 bridgehead atoms. The number of benzene rings is 1. The molecule has 2 rings (SSSR count). The van der Waals surface area contributed by atoms with E-state index in [9.17, 15) is 10.1 Å². The van der Waals surface area contributed by atoms with E-state index in [4.69, 9.17) is 5.73 Å². The van der Waals surface area contributed by atoms with Gasteiger partial charge in [-0.25, -0.2) is 9.97 Å². The molecule has 2 aromatic rings. The maximum absolute atomic E-state index is 10.7. The third kappa shape index (κ3) is 2.91. The lowest BCUT2D eigenvalue weighted by atomic mass is 10.3. The van der Waals surface area contributed by atoms with Crippen LogP contribution in [0.4, 0.5) is 11.4 Å². The second-order valence-corrected chi connectivity index (χ2v) is 4.26. The number of rotatable bonds is 3. The standard InChI is InChI=1S/C10H8N4O2S/c11-7-3-8(14(15)16)5-9(4-7)17-10-1-2-12-6-13-10/h1-6H,11H2. The van der Waals surface area contributed by atoms with Crippen molar-refractivity contribution in [3.63, 3.8) is 0 Å². The fourth-order valence-corrected chi connectivity index (χ4v) is 2.07. The first-order valence-corrected chi connectivity index (χ1v) is 5.45. The first kappa shape index (κ1) is 11.3. The lowest BCUT2D eigenvalue weighted by Crippen LogP contribution is -1.92. The normalized spacial score (nSPS) is 10.1. The molecule has 1 aromatic carbocycles. The number of nitrogen functional groups attached to an aromatic ring is 1. The van der Waals surface area contributed by atoms with E-state index in [1.54, 1.807) is 18.3 Å². The van der Waals surface area contributed by atoms with Crippen molar-refractivity contribution < 1.29 is 4.92 Å². The van der Waals surface area contributed by atoms with E-state index < -0.39 is 4.92 Å². The van der Waals surface area contributed by atoms with Crippen molar-refractivity contribution in [1.29, 1.82) is 0 Å². The molecule has 1 heterocycles. The van der Waals surface area contributed by atoms with Gasteiger partial charge in [-0.05, 0) is 12.1 Å².